The molecule has 5 heteroatoms. The van der Waals surface area contributed by atoms with Crippen molar-refractivity contribution in [2.45, 2.75) is 13.8 Å². The van der Waals surface area contributed by atoms with Gasteiger partial charge in [0.1, 0.15) is 0 Å². The maximum atomic E-state index is 5.66. The van der Waals surface area contributed by atoms with Gasteiger partial charge in [0.2, 0.25) is 0 Å². The molecule has 3 nitrogen and oxygen atoms in total. The third-order valence-corrected chi connectivity index (χ3v) is 4.60. The maximum Gasteiger partial charge on any atom is 0.529 e. The highest BCUT2D eigenvalue weighted by molar-refractivity contribution is 7.98. The first kappa shape index (κ1) is 14.2. The van der Waals surface area contributed by atoms with Crippen LogP contribution in [-0.4, -0.2) is 40.6 Å². The molecule has 0 N–H and O–H groups in total. The third kappa shape index (κ3) is 5.16. The fraction of sp³-hybridized carbons (Fsp3) is 0.778. The zero-order chi connectivity index (χ0) is 10.9. The summed E-state index contributed by atoms with van der Waals surface area (Å²) in [5.41, 5.74) is 1.69. The minimum absolute atomic E-state index is 0.595. The first-order chi connectivity index (χ1) is 6.74. The highest BCUT2D eigenvalue weighted by Crippen LogP contribution is 2.11. The predicted octanol–water partition coefficient (Wildman–Crippen LogP) is 2.10. The van der Waals surface area contributed by atoms with Gasteiger partial charge in [0.05, 0.1) is 0 Å². The van der Waals surface area contributed by atoms with Gasteiger partial charge < -0.3 is 13.3 Å². The van der Waals surface area contributed by atoms with Crippen LogP contribution in [0.4, 0.5) is 0 Å². The number of thioether (sulfide) groups is 1. The van der Waals surface area contributed by atoms with Crippen molar-refractivity contribution < 1.29 is 13.3 Å². The first-order valence-electron chi connectivity index (χ1n) is 4.79. The van der Waals surface area contributed by atoms with Crippen LogP contribution in [0.25, 0.3) is 0 Å². The summed E-state index contributed by atoms with van der Waals surface area (Å²) in [6, 6.07) is 0. The van der Waals surface area contributed by atoms with E-state index in [0.717, 1.165) is 5.75 Å². The molecule has 0 heterocycles. The van der Waals surface area contributed by atoms with Gasteiger partial charge in [-0.1, -0.05) is 6.58 Å². The van der Waals surface area contributed by atoms with Crippen LogP contribution in [0.1, 0.15) is 13.8 Å². The van der Waals surface area contributed by atoms with Gasteiger partial charge in [-0.05, 0) is 25.8 Å². The summed E-state index contributed by atoms with van der Waals surface area (Å²) >= 11 is 1.74. The van der Waals surface area contributed by atoms with Crippen LogP contribution in [-0.2, 0) is 13.3 Å². The fourth-order valence-corrected chi connectivity index (χ4v) is 3.16. The monoisotopic (exact) mass is 236 g/mol. The molecule has 0 rings (SSSR count). The van der Waals surface area contributed by atoms with E-state index in [2.05, 4.69) is 6.58 Å². The number of rotatable bonds is 9. The highest BCUT2D eigenvalue weighted by atomic mass is 32.2. The van der Waals surface area contributed by atoms with Crippen LogP contribution in [0.5, 0.6) is 0 Å². The van der Waals surface area contributed by atoms with Gasteiger partial charge >= 0.3 is 8.80 Å². The second kappa shape index (κ2) is 8.49. The molecular weight excluding hydrogens is 216 g/mol. The fourth-order valence-electron chi connectivity index (χ4n) is 0.971. The smallest absolute Gasteiger partial charge is 0.371 e. The Bertz CT molecular complexity index is 149. The maximum absolute atomic E-state index is 5.66. The van der Waals surface area contributed by atoms with E-state index in [-0.39, 0.29) is 0 Å². The second-order valence-corrected chi connectivity index (χ2v) is 5.98. The summed E-state index contributed by atoms with van der Waals surface area (Å²) in [7, 11) is -2.56. The van der Waals surface area contributed by atoms with E-state index >= 15 is 0 Å². The Morgan fingerprint density at radius 2 is 1.79 bits per heavy atom. The molecule has 0 spiro atoms. The molecule has 0 aliphatic rings. The molecule has 14 heavy (non-hydrogen) atoms. The summed E-state index contributed by atoms with van der Waals surface area (Å²) in [5.74, 6) is 0.947. The molecule has 0 radical (unpaired) electrons. The molecule has 0 aliphatic carbocycles. The highest BCUT2D eigenvalue weighted by Gasteiger charge is 2.36. The molecule has 0 atom stereocenters. The van der Waals surface area contributed by atoms with Gasteiger partial charge in [-0.15, -0.1) is 0 Å². The first-order valence-corrected chi connectivity index (χ1v) is 7.98. The molecule has 0 bridgehead atoms. The van der Waals surface area contributed by atoms with Crippen molar-refractivity contribution >= 4 is 20.6 Å². The van der Waals surface area contributed by atoms with E-state index in [1.807, 2.05) is 20.1 Å². The Labute approximate surface area is 92.2 Å². The molecule has 0 aromatic rings. The van der Waals surface area contributed by atoms with E-state index in [1.165, 1.54) is 0 Å². The van der Waals surface area contributed by atoms with Crippen LogP contribution in [0.3, 0.4) is 0 Å². The van der Waals surface area contributed by atoms with Crippen molar-refractivity contribution in [1.29, 1.82) is 0 Å². The zero-order valence-electron chi connectivity index (χ0n) is 9.25. The molecule has 0 aliphatic heterocycles. The summed E-state index contributed by atoms with van der Waals surface area (Å²) in [5, 5.41) is 0. The normalized spacial score (nSPS) is 11.6. The summed E-state index contributed by atoms with van der Waals surface area (Å²) in [6.07, 6.45) is 2.04. The van der Waals surface area contributed by atoms with Gasteiger partial charge in [-0.2, -0.15) is 11.8 Å². The van der Waals surface area contributed by atoms with E-state index in [1.54, 1.807) is 17.5 Å². The zero-order valence-corrected chi connectivity index (χ0v) is 11.1. The average molecular weight is 236 g/mol. The lowest BCUT2D eigenvalue weighted by Crippen LogP contribution is -2.44. The van der Waals surface area contributed by atoms with Gasteiger partial charge in [0.25, 0.3) is 0 Å². The lowest BCUT2D eigenvalue weighted by molar-refractivity contribution is 0.0852. The Morgan fingerprint density at radius 3 is 2.14 bits per heavy atom. The quantitative estimate of drug-likeness (QED) is 0.453. The van der Waals surface area contributed by atoms with Crippen molar-refractivity contribution in [3.8, 4) is 0 Å². The minimum atomic E-state index is -2.56. The van der Waals surface area contributed by atoms with Gasteiger partial charge in [-0.25, -0.2) is 0 Å². The van der Waals surface area contributed by atoms with E-state index in [4.69, 9.17) is 13.3 Å². The standard InChI is InChI=1S/C9H20O3SSi/c1-5-10-14(7-3,11-6-2)12-8-9-13-4/h7H,3,5-6,8-9H2,1-2,4H3. The molecule has 84 valence electrons. The number of hydrogen-bond donors (Lipinski definition) is 0. The predicted molar refractivity (Wildman–Crippen MR) is 63.5 cm³/mol. The van der Waals surface area contributed by atoms with Crippen molar-refractivity contribution in [3.63, 3.8) is 0 Å². The molecule has 0 unspecified atom stereocenters. The Kier molecular flexibility index (Phi) is 8.60. The van der Waals surface area contributed by atoms with Gasteiger partial charge in [-0.3, -0.25) is 0 Å². The van der Waals surface area contributed by atoms with E-state index in [0.29, 0.717) is 19.8 Å². The lowest BCUT2D eigenvalue weighted by Gasteiger charge is -2.25. The average Bonchev–Trinajstić information content (AvgIpc) is 2.19. The van der Waals surface area contributed by atoms with Crippen LogP contribution in [0.15, 0.2) is 12.3 Å². The molecule has 0 aromatic carbocycles. The molecule has 0 amide bonds. The van der Waals surface area contributed by atoms with Crippen LogP contribution < -0.4 is 0 Å². The molecule has 0 fully saturated rings. The largest absolute Gasteiger partial charge is 0.529 e. The minimum Gasteiger partial charge on any atom is -0.371 e. The molecule has 0 saturated heterocycles. The second-order valence-electron chi connectivity index (χ2n) is 2.51. The number of hydrogen-bond acceptors (Lipinski definition) is 4. The lowest BCUT2D eigenvalue weighted by atomic mass is 10.9. The Morgan fingerprint density at radius 1 is 1.21 bits per heavy atom. The van der Waals surface area contributed by atoms with Crippen molar-refractivity contribution in [2.75, 3.05) is 31.8 Å². The van der Waals surface area contributed by atoms with Crippen LogP contribution in [0.2, 0.25) is 0 Å². The summed E-state index contributed by atoms with van der Waals surface area (Å²) in [6.45, 7) is 9.44. The summed E-state index contributed by atoms with van der Waals surface area (Å²) in [4.78, 5) is 0. The van der Waals surface area contributed by atoms with Crippen LogP contribution in [0, 0.1) is 0 Å². The Balaban J connectivity index is 4.10. The van der Waals surface area contributed by atoms with Gasteiger partial charge in [0.15, 0.2) is 0 Å². The topological polar surface area (TPSA) is 27.7 Å². The molecule has 0 saturated carbocycles. The molecule has 0 aromatic heterocycles. The van der Waals surface area contributed by atoms with E-state index in [9.17, 15) is 0 Å². The van der Waals surface area contributed by atoms with Crippen molar-refractivity contribution in [2.24, 2.45) is 0 Å². The SMILES string of the molecule is C=C[Si](OCC)(OCC)OCCSC. The van der Waals surface area contributed by atoms with Crippen LogP contribution >= 0.6 is 11.8 Å². The Hall–Kier alpha value is 0.187. The molecular formula is C9H20O3SSi. The third-order valence-electron chi connectivity index (χ3n) is 1.53. The van der Waals surface area contributed by atoms with Crippen molar-refractivity contribution in [1.82, 2.24) is 0 Å². The summed E-state index contributed by atoms with van der Waals surface area (Å²) < 4.78 is 16.7. The van der Waals surface area contributed by atoms with E-state index < -0.39 is 8.80 Å². The van der Waals surface area contributed by atoms with Crippen molar-refractivity contribution in [3.05, 3.63) is 12.3 Å². The van der Waals surface area contributed by atoms with Gasteiger partial charge in [0, 0.05) is 25.6 Å².